The number of carbonyl (C=O) groups excluding carboxylic acids is 1. The lowest BCUT2D eigenvalue weighted by Gasteiger charge is -2.36. The molecule has 0 radical (unpaired) electrons. The number of amides is 1. The molecule has 1 amide bonds. The minimum Gasteiger partial charge on any atom is -0.378 e. The number of carbonyl (C=O) groups is 1. The van der Waals surface area contributed by atoms with Gasteiger partial charge >= 0.3 is 0 Å². The summed E-state index contributed by atoms with van der Waals surface area (Å²) in [7, 11) is 0. The van der Waals surface area contributed by atoms with Gasteiger partial charge in [-0.1, -0.05) is 25.0 Å². The summed E-state index contributed by atoms with van der Waals surface area (Å²) in [5, 5.41) is 0. The van der Waals surface area contributed by atoms with Crippen LogP contribution in [0.25, 0.3) is 0 Å². The van der Waals surface area contributed by atoms with Crippen LogP contribution in [0.3, 0.4) is 0 Å². The maximum absolute atomic E-state index is 13.6. The van der Waals surface area contributed by atoms with E-state index in [1.54, 1.807) is 6.07 Å². The summed E-state index contributed by atoms with van der Waals surface area (Å²) < 4.78 is 18.9. The van der Waals surface area contributed by atoms with Crippen molar-refractivity contribution in [1.82, 2.24) is 4.90 Å². The Kier molecular flexibility index (Phi) is 3.74. The standard InChI is InChI=1S/C16H20FNO2/c17-14-5-3-4-13(12-14)16(6-1-2-7-16)15(19)18-8-10-20-11-9-18/h3-5,12H,1-2,6-11H2. The van der Waals surface area contributed by atoms with Crippen LogP contribution in [-0.2, 0) is 14.9 Å². The highest BCUT2D eigenvalue weighted by Crippen LogP contribution is 2.42. The summed E-state index contributed by atoms with van der Waals surface area (Å²) in [5.41, 5.74) is 0.325. The molecule has 20 heavy (non-hydrogen) atoms. The molecule has 0 unspecified atom stereocenters. The monoisotopic (exact) mass is 277 g/mol. The van der Waals surface area contributed by atoms with E-state index in [4.69, 9.17) is 4.74 Å². The van der Waals surface area contributed by atoms with Crippen LogP contribution in [0.5, 0.6) is 0 Å². The zero-order valence-electron chi connectivity index (χ0n) is 11.6. The quantitative estimate of drug-likeness (QED) is 0.831. The molecule has 1 saturated carbocycles. The van der Waals surface area contributed by atoms with Gasteiger partial charge in [0.1, 0.15) is 5.82 Å². The van der Waals surface area contributed by atoms with Crippen LogP contribution in [0.15, 0.2) is 24.3 Å². The van der Waals surface area contributed by atoms with Gasteiger partial charge in [0.15, 0.2) is 0 Å². The van der Waals surface area contributed by atoms with Gasteiger partial charge in [-0.15, -0.1) is 0 Å². The summed E-state index contributed by atoms with van der Waals surface area (Å²) in [6.07, 6.45) is 3.72. The Morgan fingerprint density at radius 2 is 1.90 bits per heavy atom. The number of benzene rings is 1. The Balaban J connectivity index is 1.93. The van der Waals surface area contributed by atoms with E-state index < -0.39 is 5.41 Å². The second-order valence-corrected chi connectivity index (χ2v) is 5.70. The van der Waals surface area contributed by atoms with Crippen LogP contribution in [0.1, 0.15) is 31.2 Å². The molecule has 0 atom stereocenters. The number of ether oxygens (including phenoxy) is 1. The summed E-state index contributed by atoms with van der Waals surface area (Å²) in [6, 6.07) is 6.57. The molecule has 1 saturated heterocycles. The molecule has 0 spiro atoms. The van der Waals surface area contributed by atoms with Gasteiger partial charge in [-0.05, 0) is 30.5 Å². The van der Waals surface area contributed by atoms with Gasteiger partial charge in [0.2, 0.25) is 5.91 Å². The van der Waals surface area contributed by atoms with Crippen molar-refractivity contribution < 1.29 is 13.9 Å². The van der Waals surface area contributed by atoms with Crippen molar-refractivity contribution in [1.29, 1.82) is 0 Å². The van der Waals surface area contributed by atoms with Crippen molar-refractivity contribution in [2.75, 3.05) is 26.3 Å². The van der Waals surface area contributed by atoms with Crippen molar-refractivity contribution in [3.8, 4) is 0 Å². The highest BCUT2D eigenvalue weighted by atomic mass is 19.1. The lowest BCUT2D eigenvalue weighted by atomic mass is 9.77. The Labute approximate surface area is 118 Å². The van der Waals surface area contributed by atoms with Crippen LogP contribution in [-0.4, -0.2) is 37.1 Å². The average molecular weight is 277 g/mol. The minimum atomic E-state index is -0.514. The van der Waals surface area contributed by atoms with E-state index in [1.165, 1.54) is 12.1 Å². The van der Waals surface area contributed by atoms with Crippen LogP contribution < -0.4 is 0 Å². The largest absolute Gasteiger partial charge is 0.378 e. The Morgan fingerprint density at radius 3 is 2.55 bits per heavy atom. The van der Waals surface area contributed by atoms with E-state index in [0.717, 1.165) is 31.2 Å². The van der Waals surface area contributed by atoms with Gasteiger partial charge in [-0.3, -0.25) is 4.79 Å². The van der Waals surface area contributed by atoms with E-state index >= 15 is 0 Å². The molecule has 3 nitrogen and oxygen atoms in total. The van der Waals surface area contributed by atoms with Gasteiger partial charge in [-0.25, -0.2) is 4.39 Å². The molecule has 1 aliphatic carbocycles. The molecule has 0 N–H and O–H groups in total. The Morgan fingerprint density at radius 1 is 1.20 bits per heavy atom. The average Bonchev–Trinajstić information content (AvgIpc) is 2.98. The predicted molar refractivity (Wildman–Crippen MR) is 73.9 cm³/mol. The van der Waals surface area contributed by atoms with E-state index in [0.29, 0.717) is 26.3 Å². The lowest BCUT2D eigenvalue weighted by molar-refractivity contribution is -0.141. The summed E-state index contributed by atoms with van der Waals surface area (Å²) in [4.78, 5) is 14.9. The van der Waals surface area contributed by atoms with Gasteiger partial charge in [0.05, 0.1) is 18.6 Å². The first kappa shape index (κ1) is 13.6. The number of rotatable bonds is 2. The molecule has 0 aromatic heterocycles. The third-order valence-electron chi connectivity index (χ3n) is 4.54. The molecule has 4 heteroatoms. The third-order valence-corrected chi connectivity index (χ3v) is 4.54. The van der Waals surface area contributed by atoms with Crippen LogP contribution in [0, 0.1) is 5.82 Å². The maximum atomic E-state index is 13.6. The fourth-order valence-electron chi connectivity index (χ4n) is 3.46. The van der Waals surface area contributed by atoms with E-state index in [-0.39, 0.29) is 11.7 Å². The second-order valence-electron chi connectivity index (χ2n) is 5.70. The normalized spacial score (nSPS) is 21.9. The number of hydrogen-bond acceptors (Lipinski definition) is 2. The number of hydrogen-bond donors (Lipinski definition) is 0. The van der Waals surface area contributed by atoms with Crippen LogP contribution in [0.4, 0.5) is 4.39 Å². The minimum absolute atomic E-state index is 0.156. The zero-order valence-corrected chi connectivity index (χ0v) is 11.6. The fourth-order valence-corrected chi connectivity index (χ4v) is 3.46. The van der Waals surface area contributed by atoms with Crippen molar-refractivity contribution in [2.45, 2.75) is 31.1 Å². The summed E-state index contributed by atoms with van der Waals surface area (Å²) >= 11 is 0. The van der Waals surface area contributed by atoms with Gasteiger partial charge in [-0.2, -0.15) is 0 Å². The van der Waals surface area contributed by atoms with Crippen molar-refractivity contribution in [3.05, 3.63) is 35.6 Å². The SMILES string of the molecule is O=C(N1CCOCC1)C1(c2cccc(F)c2)CCCC1. The van der Waals surface area contributed by atoms with Crippen molar-refractivity contribution >= 4 is 5.91 Å². The van der Waals surface area contributed by atoms with E-state index in [9.17, 15) is 9.18 Å². The van der Waals surface area contributed by atoms with Crippen molar-refractivity contribution in [3.63, 3.8) is 0 Å². The summed E-state index contributed by atoms with van der Waals surface area (Å²) in [6.45, 7) is 2.50. The molecule has 2 fully saturated rings. The first-order valence-corrected chi connectivity index (χ1v) is 7.35. The topological polar surface area (TPSA) is 29.5 Å². The predicted octanol–water partition coefficient (Wildman–Crippen LogP) is 2.50. The van der Waals surface area contributed by atoms with E-state index in [2.05, 4.69) is 0 Å². The highest BCUT2D eigenvalue weighted by Gasteiger charge is 2.45. The molecule has 1 heterocycles. The Bertz CT molecular complexity index is 491. The van der Waals surface area contributed by atoms with Crippen LogP contribution in [0.2, 0.25) is 0 Å². The van der Waals surface area contributed by atoms with Gasteiger partial charge in [0.25, 0.3) is 0 Å². The maximum Gasteiger partial charge on any atom is 0.233 e. The van der Waals surface area contributed by atoms with Gasteiger partial charge < -0.3 is 9.64 Å². The fraction of sp³-hybridized carbons (Fsp3) is 0.562. The van der Waals surface area contributed by atoms with Crippen LogP contribution >= 0.6 is 0 Å². The summed E-state index contributed by atoms with van der Waals surface area (Å²) in [5.74, 6) is -0.104. The first-order valence-electron chi connectivity index (χ1n) is 7.35. The Hall–Kier alpha value is -1.42. The third kappa shape index (κ3) is 2.33. The number of halogens is 1. The van der Waals surface area contributed by atoms with E-state index in [1.807, 2.05) is 11.0 Å². The molecule has 3 rings (SSSR count). The number of nitrogens with zero attached hydrogens (tertiary/aromatic N) is 1. The zero-order chi connectivity index (χ0) is 14.0. The molecular formula is C16H20FNO2. The lowest BCUT2D eigenvalue weighted by Crippen LogP contribution is -2.49. The molecule has 0 bridgehead atoms. The van der Waals surface area contributed by atoms with Crippen molar-refractivity contribution in [2.24, 2.45) is 0 Å². The molecule has 108 valence electrons. The molecular weight excluding hydrogens is 257 g/mol. The molecule has 2 aliphatic rings. The number of morpholine rings is 1. The second kappa shape index (κ2) is 5.52. The molecule has 1 aliphatic heterocycles. The first-order chi connectivity index (χ1) is 9.72. The van der Waals surface area contributed by atoms with Gasteiger partial charge in [0, 0.05) is 13.1 Å². The molecule has 1 aromatic rings. The highest BCUT2D eigenvalue weighted by molar-refractivity contribution is 5.88. The smallest absolute Gasteiger partial charge is 0.233 e. The molecule has 1 aromatic carbocycles.